The summed E-state index contributed by atoms with van der Waals surface area (Å²) in [5.74, 6) is 0.269. The molecule has 0 radical (unpaired) electrons. The van der Waals surface area contributed by atoms with E-state index in [0.29, 0.717) is 5.56 Å². The highest BCUT2D eigenvalue weighted by atomic mass is 79.9. The summed E-state index contributed by atoms with van der Waals surface area (Å²) in [6.07, 6.45) is 0. The third-order valence-electron chi connectivity index (χ3n) is 2.59. The molecule has 0 bridgehead atoms. The molecule has 2 nitrogen and oxygen atoms in total. The molecule has 6 heteroatoms. The minimum atomic E-state index is -2.86. The number of halogens is 3. The quantitative estimate of drug-likeness (QED) is 0.525. The molecule has 0 heterocycles. The lowest BCUT2D eigenvalue weighted by molar-refractivity contribution is -0.0498. The number of rotatable bonds is 6. The molecule has 0 amide bonds. The molecule has 2 aromatic carbocycles. The van der Waals surface area contributed by atoms with E-state index in [-0.39, 0.29) is 17.3 Å². The molecule has 0 saturated heterocycles. The van der Waals surface area contributed by atoms with E-state index in [1.807, 2.05) is 24.3 Å². The standard InChI is InChI=1S/C15H11BrF2O2S/c16-11-3-7-13(8-4-11)21-9-14(19)10-1-5-12(6-2-10)20-15(17)18/h1-8,15H,9H2. The van der Waals surface area contributed by atoms with Crippen molar-refractivity contribution in [1.29, 1.82) is 0 Å². The number of thioether (sulfide) groups is 1. The topological polar surface area (TPSA) is 26.3 Å². The van der Waals surface area contributed by atoms with Gasteiger partial charge < -0.3 is 4.74 Å². The van der Waals surface area contributed by atoms with Gasteiger partial charge in [-0.05, 0) is 48.5 Å². The minimum Gasteiger partial charge on any atom is -0.435 e. The predicted octanol–water partition coefficient (Wildman–Crippen LogP) is 5.03. The highest BCUT2D eigenvalue weighted by Gasteiger charge is 2.09. The summed E-state index contributed by atoms with van der Waals surface area (Å²) >= 11 is 4.77. The molecule has 0 aliphatic heterocycles. The minimum absolute atomic E-state index is 0.0436. The van der Waals surface area contributed by atoms with E-state index >= 15 is 0 Å². The van der Waals surface area contributed by atoms with Crippen molar-refractivity contribution < 1.29 is 18.3 Å². The molecule has 0 spiro atoms. The van der Waals surface area contributed by atoms with Crippen molar-refractivity contribution in [3.63, 3.8) is 0 Å². The fraction of sp³-hybridized carbons (Fsp3) is 0.133. The Kier molecular flexibility index (Phi) is 5.76. The van der Waals surface area contributed by atoms with E-state index < -0.39 is 6.61 Å². The van der Waals surface area contributed by atoms with Crippen LogP contribution in [0.5, 0.6) is 5.75 Å². The summed E-state index contributed by atoms with van der Waals surface area (Å²) in [5, 5.41) is 0. The van der Waals surface area contributed by atoms with Gasteiger partial charge in [0.25, 0.3) is 0 Å². The number of hydrogen-bond acceptors (Lipinski definition) is 3. The molecule has 0 saturated carbocycles. The Labute approximate surface area is 133 Å². The largest absolute Gasteiger partial charge is 0.435 e. The second kappa shape index (κ2) is 7.56. The van der Waals surface area contributed by atoms with Gasteiger partial charge in [0.2, 0.25) is 0 Å². The van der Waals surface area contributed by atoms with Crippen LogP contribution in [0.4, 0.5) is 8.78 Å². The Balaban J connectivity index is 1.92. The maximum Gasteiger partial charge on any atom is 0.387 e. The number of carbonyl (C=O) groups excluding carboxylic acids is 1. The van der Waals surface area contributed by atoms with Crippen LogP contribution in [0.1, 0.15) is 10.4 Å². The molecule has 0 atom stereocenters. The van der Waals surface area contributed by atoms with E-state index in [9.17, 15) is 13.6 Å². The molecule has 110 valence electrons. The van der Waals surface area contributed by atoms with Gasteiger partial charge in [0.15, 0.2) is 5.78 Å². The average molecular weight is 373 g/mol. The third-order valence-corrected chi connectivity index (χ3v) is 4.13. The number of Topliss-reactive ketones (excluding diaryl/α,β-unsaturated/α-hetero) is 1. The van der Waals surface area contributed by atoms with Gasteiger partial charge >= 0.3 is 6.61 Å². The van der Waals surface area contributed by atoms with Gasteiger partial charge in [0, 0.05) is 14.9 Å². The molecule has 0 unspecified atom stereocenters. The first-order valence-electron chi connectivity index (χ1n) is 6.01. The van der Waals surface area contributed by atoms with Crippen molar-refractivity contribution in [2.45, 2.75) is 11.5 Å². The molecule has 21 heavy (non-hydrogen) atoms. The monoisotopic (exact) mass is 372 g/mol. The summed E-state index contributed by atoms with van der Waals surface area (Å²) in [5.41, 5.74) is 0.473. The summed E-state index contributed by atoms with van der Waals surface area (Å²) in [6.45, 7) is -2.86. The summed E-state index contributed by atoms with van der Waals surface area (Å²) in [4.78, 5) is 13.0. The van der Waals surface area contributed by atoms with Crippen LogP contribution in [0.25, 0.3) is 0 Å². The van der Waals surface area contributed by atoms with Crippen molar-refractivity contribution in [1.82, 2.24) is 0 Å². The van der Waals surface area contributed by atoms with Gasteiger partial charge in [-0.25, -0.2) is 0 Å². The molecule has 0 aliphatic carbocycles. The summed E-state index contributed by atoms with van der Waals surface area (Å²) < 4.78 is 29.3. The number of carbonyl (C=O) groups is 1. The van der Waals surface area contributed by atoms with E-state index in [0.717, 1.165) is 9.37 Å². The smallest absolute Gasteiger partial charge is 0.387 e. The lowest BCUT2D eigenvalue weighted by Crippen LogP contribution is -2.04. The summed E-state index contributed by atoms with van der Waals surface area (Å²) in [6, 6.07) is 13.4. The highest BCUT2D eigenvalue weighted by molar-refractivity contribution is 9.10. The normalized spacial score (nSPS) is 10.7. The Morgan fingerprint density at radius 2 is 1.71 bits per heavy atom. The molecule has 2 rings (SSSR count). The van der Waals surface area contributed by atoms with Crippen LogP contribution in [0.15, 0.2) is 57.9 Å². The molecule has 0 aromatic heterocycles. The molecule has 0 fully saturated rings. The van der Waals surface area contributed by atoms with Crippen LogP contribution < -0.4 is 4.74 Å². The van der Waals surface area contributed by atoms with Crippen molar-refractivity contribution in [2.24, 2.45) is 0 Å². The van der Waals surface area contributed by atoms with E-state index in [4.69, 9.17) is 0 Å². The third kappa shape index (κ3) is 5.13. The zero-order valence-electron chi connectivity index (χ0n) is 10.8. The molecular formula is C15H11BrF2O2S. The Bertz CT molecular complexity index is 600. The van der Waals surface area contributed by atoms with Crippen LogP contribution in [0.2, 0.25) is 0 Å². The molecule has 0 N–H and O–H groups in total. The first-order valence-corrected chi connectivity index (χ1v) is 7.79. The van der Waals surface area contributed by atoms with Crippen LogP contribution in [0, 0.1) is 0 Å². The lowest BCUT2D eigenvalue weighted by atomic mass is 10.1. The lowest BCUT2D eigenvalue weighted by Gasteiger charge is -2.05. The first kappa shape index (κ1) is 16.0. The van der Waals surface area contributed by atoms with Gasteiger partial charge in [-0.1, -0.05) is 15.9 Å². The highest BCUT2D eigenvalue weighted by Crippen LogP contribution is 2.22. The van der Waals surface area contributed by atoms with Gasteiger partial charge in [0.05, 0.1) is 5.75 Å². The van der Waals surface area contributed by atoms with Crippen LogP contribution in [0.3, 0.4) is 0 Å². The number of ether oxygens (including phenoxy) is 1. The predicted molar refractivity (Wildman–Crippen MR) is 82.3 cm³/mol. The second-order valence-corrected chi connectivity index (χ2v) is 6.03. The van der Waals surface area contributed by atoms with Crippen LogP contribution >= 0.6 is 27.7 Å². The Hall–Kier alpha value is -1.40. The first-order chi connectivity index (χ1) is 10.0. The van der Waals surface area contributed by atoms with Crippen molar-refractivity contribution in [3.8, 4) is 5.75 Å². The van der Waals surface area contributed by atoms with Gasteiger partial charge in [-0.15, -0.1) is 11.8 Å². The van der Waals surface area contributed by atoms with E-state index in [2.05, 4.69) is 20.7 Å². The van der Waals surface area contributed by atoms with Gasteiger partial charge in [-0.3, -0.25) is 4.79 Å². The zero-order chi connectivity index (χ0) is 15.2. The molecule has 2 aromatic rings. The van der Waals surface area contributed by atoms with Gasteiger partial charge in [0.1, 0.15) is 5.75 Å². The number of hydrogen-bond donors (Lipinski definition) is 0. The van der Waals surface area contributed by atoms with Crippen molar-refractivity contribution in [2.75, 3.05) is 5.75 Å². The number of ketones is 1. The average Bonchev–Trinajstić information content (AvgIpc) is 2.46. The Morgan fingerprint density at radius 3 is 2.29 bits per heavy atom. The van der Waals surface area contributed by atoms with Crippen molar-refractivity contribution >= 4 is 33.5 Å². The fourth-order valence-corrected chi connectivity index (χ4v) is 2.64. The maximum atomic E-state index is 12.0. The Morgan fingerprint density at radius 1 is 1.10 bits per heavy atom. The summed E-state index contributed by atoms with van der Waals surface area (Å²) in [7, 11) is 0. The second-order valence-electron chi connectivity index (χ2n) is 4.07. The number of alkyl halides is 2. The van der Waals surface area contributed by atoms with E-state index in [1.165, 1.54) is 36.0 Å². The SMILES string of the molecule is O=C(CSc1ccc(Br)cc1)c1ccc(OC(F)F)cc1. The van der Waals surface area contributed by atoms with Crippen LogP contribution in [-0.2, 0) is 0 Å². The van der Waals surface area contributed by atoms with E-state index in [1.54, 1.807) is 0 Å². The van der Waals surface area contributed by atoms with Gasteiger partial charge in [-0.2, -0.15) is 8.78 Å². The van der Waals surface area contributed by atoms with Crippen molar-refractivity contribution in [3.05, 3.63) is 58.6 Å². The zero-order valence-corrected chi connectivity index (χ0v) is 13.2. The van der Waals surface area contributed by atoms with Crippen LogP contribution in [-0.4, -0.2) is 18.1 Å². The molecular weight excluding hydrogens is 362 g/mol. The molecule has 0 aliphatic rings. The maximum absolute atomic E-state index is 12.0. The number of benzene rings is 2. The fourth-order valence-electron chi connectivity index (χ4n) is 1.59.